The van der Waals surface area contributed by atoms with Crippen molar-refractivity contribution in [2.45, 2.75) is 52.2 Å². The number of ether oxygens (including phenoxy) is 1. The lowest BCUT2D eigenvalue weighted by Crippen LogP contribution is -2.30. The molecule has 0 atom stereocenters. The number of carbonyl (C=O) groups is 2. The lowest BCUT2D eigenvalue weighted by molar-refractivity contribution is -0.116. The van der Waals surface area contributed by atoms with Crippen molar-refractivity contribution in [2.75, 3.05) is 18.4 Å². The number of aryl methyl sites for hydroxylation is 1. The van der Waals surface area contributed by atoms with E-state index in [-0.39, 0.29) is 22.9 Å². The Morgan fingerprint density at radius 1 is 1.17 bits per heavy atom. The van der Waals surface area contributed by atoms with Crippen LogP contribution >= 0.6 is 11.3 Å². The van der Waals surface area contributed by atoms with Gasteiger partial charge in [-0.15, -0.1) is 11.3 Å². The van der Waals surface area contributed by atoms with Crippen LogP contribution in [0.3, 0.4) is 0 Å². The van der Waals surface area contributed by atoms with Crippen molar-refractivity contribution in [2.24, 2.45) is 0 Å². The molecule has 35 heavy (non-hydrogen) atoms. The predicted molar refractivity (Wildman–Crippen MR) is 134 cm³/mol. The maximum absolute atomic E-state index is 13.0. The Balaban J connectivity index is 1.78. The minimum absolute atomic E-state index is 0.129. The fraction of sp³-hybridized carbons (Fsp3) is 0.391. The molecule has 1 amide bonds. The van der Waals surface area contributed by atoms with Gasteiger partial charge < -0.3 is 10.1 Å². The molecule has 1 aromatic carbocycles. The summed E-state index contributed by atoms with van der Waals surface area (Å²) in [7, 11) is -3.60. The van der Waals surface area contributed by atoms with E-state index in [1.165, 1.54) is 34.9 Å². The van der Waals surface area contributed by atoms with Crippen molar-refractivity contribution in [3.8, 4) is 0 Å². The molecular formula is C23H28N4O6S2. The van der Waals surface area contributed by atoms with Crippen LogP contribution in [0, 0.1) is 6.92 Å². The highest BCUT2D eigenvalue weighted by atomic mass is 32.2. The van der Waals surface area contributed by atoms with E-state index >= 15 is 0 Å². The van der Waals surface area contributed by atoms with Crippen molar-refractivity contribution in [3.63, 3.8) is 0 Å². The van der Waals surface area contributed by atoms with E-state index in [1.54, 1.807) is 34.6 Å². The van der Waals surface area contributed by atoms with Gasteiger partial charge in [0.2, 0.25) is 15.9 Å². The zero-order valence-corrected chi connectivity index (χ0v) is 21.8. The van der Waals surface area contributed by atoms with Gasteiger partial charge in [0, 0.05) is 18.8 Å². The van der Waals surface area contributed by atoms with Crippen molar-refractivity contribution in [1.82, 2.24) is 13.9 Å². The number of fused-ring (bicyclic) bond motifs is 1. The highest BCUT2D eigenvalue weighted by Gasteiger charge is 2.23. The Labute approximate surface area is 207 Å². The van der Waals surface area contributed by atoms with E-state index < -0.39 is 27.5 Å². The van der Waals surface area contributed by atoms with Crippen LogP contribution in [-0.2, 0) is 26.1 Å². The van der Waals surface area contributed by atoms with Crippen molar-refractivity contribution in [3.05, 3.63) is 51.4 Å². The molecule has 0 bridgehead atoms. The SMILES string of the molecule is CCN(CC)S(=O)(=O)c1ccc(NC(=O)Cn2cnc3sc(C(=O)OC(C)C)c(C)c3c2=O)cc1. The van der Waals surface area contributed by atoms with Gasteiger partial charge in [0.25, 0.3) is 5.56 Å². The zero-order valence-electron chi connectivity index (χ0n) is 20.2. The number of hydrogen-bond donors (Lipinski definition) is 1. The van der Waals surface area contributed by atoms with Crippen LogP contribution in [0.4, 0.5) is 5.69 Å². The van der Waals surface area contributed by atoms with Gasteiger partial charge in [-0.25, -0.2) is 18.2 Å². The van der Waals surface area contributed by atoms with E-state index in [1.807, 2.05) is 0 Å². The molecule has 0 unspecified atom stereocenters. The number of hydrogen-bond acceptors (Lipinski definition) is 8. The number of amides is 1. The summed E-state index contributed by atoms with van der Waals surface area (Å²) in [5.41, 5.74) is 0.414. The number of carbonyl (C=O) groups excluding carboxylic acids is 2. The number of aromatic nitrogens is 2. The van der Waals surface area contributed by atoms with Gasteiger partial charge >= 0.3 is 5.97 Å². The van der Waals surface area contributed by atoms with E-state index in [9.17, 15) is 22.8 Å². The molecule has 0 aliphatic rings. The van der Waals surface area contributed by atoms with Crippen LogP contribution in [0.2, 0.25) is 0 Å². The summed E-state index contributed by atoms with van der Waals surface area (Å²) in [6.45, 7) is 9.06. The lowest BCUT2D eigenvalue weighted by atomic mass is 10.2. The number of rotatable bonds is 9. The number of sulfonamides is 1. The van der Waals surface area contributed by atoms with Gasteiger partial charge in [-0.05, 0) is 50.6 Å². The summed E-state index contributed by atoms with van der Waals surface area (Å²) in [5, 5.41) is 2.93. The summed E-state index contributed by atoms with van der Waals surface area (Å²) in [4.78, 5) is 43.0. The normalized spacial score (nSPS) is 11.9. The van der Waals surface area contributed by atoms with Gasteiger partial charge in [-0.3, -0.25) is 14.2 Å². The fourth-order valence-electron chi connectivity index (χ4n) is 3.51. The van der Waals surface area contributed by atoms with Gasteiger partial charge in [0.15, 0.2) is 0 Å². The highest BCUT2D eigenvalue weighted by molar-refractivity contribution is 7.89. The number of anilines is 1. The number of esters is 1. The maximum Gasteiger partial charge on any atom is 0.348 e. The fourth-order valence-corrected chi connectivity index (χ4v) is 5.99. The molecule has 0 saturated carbocycles. The van der Waals surface area contributed by atoms with Crippen LogP contribution in [0.5, 0.6) is 0 Å². The number of nitrogens with zero attached hydrogens (tertiary/aromatic N) is 3. The third-order valence-electron chi connectivity index (χ3n) is 5.24. The van der Waals surface area contributed by atoms with Crippen molar-refractivity contribution in [1.29, 1.82) is 0 Å². The topological polar surface area (TPSA) is 128 Å². The average Bonchev–Trinajstić information content (AvgIpc) is 3.13. The molecule has 0 spiro atoms. The molecule has 0 saturated heterocycles. The molecule has 2 heterocycles. The molecule has 2 aromatic heterocycles. The molecule has 0 aliphatic heterocycles. The number of benzene rings is 1. The largest absolute Gasteiger partial charge is 0.459 e. The minimum atomic E-state index is -3.60. The third-order valence-corrected chi connectivity index (χ3v) is 8.48. The molecule has 0 radical (unpaired) electrons. The third kappa shape index (κ3) is 5.60. The molecule has 3 rings (SSSR count). The Bertz CT molecular complexity index is 1400. The van der Waals surface area contributed by atoms with Crippen molar-refractivity contribution < 1.29 is 22.7 Å². The first-order valence-electron chi connectivity index (χ1n) is 11.1. The average molecular weight is 521 g/mol. The summed E-state index contributed by atoms with van der Waals surface area (Å²) >= 11 is 1.07. The minimum Gasteiger partial charge on any atom is -0.459 e. The molecule has 0 aliphatic carbocycles. The molecule has 10 nitrogen and oxygen atoms in total. The summed E-state index contributed by atoms with van der Waals surface area (Å²) in [5.74, 6) is -1.00. The van der Waals surface area contributed by atoms with E-state index in [0.717, 1.165) is 15.9 Å². The number of nitrogens with one attached hydrogen (secondary N) is 1. The predicted octanol–water partition coefficient (Wildman–Crippen LogP) is 3.00. The highest BCUT2D eigenvalue weighted by Crippen LogP contribution is 2.27. The summed E-state index contributed by atoms with van der Waals surface area (Å²) < 4.78 is 32.9. The lowest BCUT2D eigenvalue weighted by Gasteiger charge is -2.18. The first kappa shape index (κ1) is 26.5. The first-order chi connectivity index (χ1) is 16.5. The second-order valence-electron chi connectivity index (χ2n) is 8.03. The van der Waals surface area contributed by atoms with Crippen LogP contribution < -0.4 is 10.9 Å². The zero-order chi connectivity index (χ0) is 25.9. The summed E-state index contributed by atoms with van der Waals surface area (Å²) in [6, 6.07) is 5.84. The van der Waals surface area contributed by atoms with Crippen LogP contribution in [0.1, 0.15) is 42.9 Å². The van der Waals surface area contributed by atoms with Crippen LogP contribution in [-0.4, -0.2) is 53.3 Å². The standard InChI is InChI=1S/C23H28N4O6S2/c1-6-27(7-2)35(31,32)17-10-8-16(9-11-17)25-18(28)12-26-13-24-21-19(22(26)29)15(5)20(34-21)23(30)33-14(3)4/h8-11,13-14H,6-7,12H2,1-5H3,(H,25,28). The molecule has 12 heteroatoms. The van der Waals surface area contributed by atoms with E-state index in [0.29, 0.717) is 34.0 Å². The Hall–Kier alpha value is -3.09. The van der Waals surface area contributed by atoms with Crippen molar-refractivity contribution >= 4 is 49.1 Å². The molecule has 3 aromatic rings. The maximum atomic E-state index is 13.0. The monoisotopic (exact) mass is 520 g/mol. The summed E-state index contributed by atoms with van der Waals surface area (Å²) in [6.07, 6.45) is 0.962. The molecular weight excluding hydrogens is 492 g/mol. The van der Waals surface area contributed by atoms with Gasteiger partial charge in [0.05, 0.1) is 22.7 Å². The smallest absolute Gasteiger partial charge is 0.348 e. The Morgan fingerprint density at radius 3 is 2.37 bits per heavy atom. The molecule has 188 valence electrons. The molecule has 1 N–H and O–H groups in total. The Morgan fingerprint density at radius 2 is 1.80 bits per heavy atom. The van der Waals surface area contributed by atoms with Crippen LogP contribution in [0.25, 0.3) is 10.2 Å². The van der Waals surface area contributed by atoms with Crippen LogP contribution in [0.15, 0.2) is 40.3 Å². The Kier molecular flexibility index (Phi) is 8.08. The number of thiophene rings is 1. The second kappa shape index (κ2) is 10.7. The first-order valence-corrected chi connectivity index (χ1v) is 13.3. The van der Waals surface area contributed by atoms with Gasteiger partial charge in [-0.2, -0.15) is 4.31 Å². The van der Waals surface area contributed by atoms with E-state index in [2.05, 4.69) is 10.3 Å². The quantitative estimate of drug-likeness (QED) is 0.430. The van der Waals surface area contributed by atoms with Gasteiger partial charge in [-0.1, -0.05) is 13.8 Å². The molecule has 0 fully saturated rings. The van der Waals surface area contributed by atoms with E-state index in [4.69, 9.17) is 4.74 Å². The second-order valence-corrected chi connectivity index (χ2v) is 11.0. The van der Waals surface area contributed by atoms with Gasteiger partial charge in [0.1, 0.15) is 16.3 Å².